The van der Waals surface area contributed by atoms with Crippen LogP contribution in [0.15, 0.2) is 12.1 Å². The lowest BCUT2D eigenvalue weighted by Gasteiger charge is -2.13. The van der Waals surface area contributed by atoms with Crippen molar-refractivity contribution in [3.05, 3.63) is 23.4 Å². The Morgan fingerprint density at radius 3 is 2.57 bits per heavy atom. The fourth-order valence-corrected chi connectivity index (χ4v) is 1.60. The van der Waals surface area contributed by atoms with Crippen LogP contribution in [0.3, 0.4) is 0 Å². The van der Waals surface area contributed by atoms with Crippen LogP contribution in [0.25, 0.3) is 0 Å². The fraction of sp³-hybridized carbons (Fsp3) is 0.538. The number of ether oxygens (including phenoxy) is 2. The summed E-state index contributed by atoms with van der Waals surface area (Å²) < 4.78 is 48.3. The minimum Gasteiger partial charge on any atom is -0.475 e. The van der Waals surface area contributed by atoms with Gasteiger partial charge in [0.15, 0.2) is 0 Å². The van der Waals surface area contributed by atoms with Gasteiger partial charge in [-0.1, -0.05) is 25.6 Å². The van der Waals surface area contributed by atoms with E-state index < -0.39 is 11.9 Å². The van der Waals surface area contributed by atoms with Crippen molar-refractivity contribution in [2.24, 2.45) is 5.73 Å². The van der Waals surface area contributed by atoms with Crippen molar-refractivity contribution in [3.8, 4) is 5.88 Å². The number of pyridine rings is 1. The molecular weight excluding hydrogens is 305 g/mol. The SMILES string of the molecule is CCCCOCCOc1nc(C(F)(F)F)ccc1C(N)=S. The van der Waals surface area contributed by atoms with Gasteiger partial charge in [0.2, 0.25) is 5.88 Å². The van der Waals surface area contributed by atoms with Crippen molar-refractivity contribution in [3.63, 3.8) is 0 Å². The largest absolute Gasteiger partial charge is 0.475 e. The van der Waals surface area contributed by atoms with Gasteiger partial charge in [0.1, 0.15) is 17.3 Å². The van der Waals surface area contributed by atoms with E-state index in [1.54, 1.807) is 0 Å². The van der Waals surface area contributed by atoms with Gasteiger partial charge in [0.05, 0.1) is 12.2 Å². The Balaban J connectivity index is 2.71. The summed E-state index contributed by atoms with van der Waals surface area (Å²) in [5, 5.41) is 0. The van der Waals surface area contributed by atoms with Gasteiger partial charge in [-0.15, -0.1) is 0 Å². The molecule has 1 heterocycles. The van der Waals surface area contributed by atoms with E-state index in [1.165, 1.54) is 0 Å². The zero-order valence-electron chi connectivity index (χ0n) is 11.6. The van der Waals surface area contributed by atoms with Crippen LogP contribution in [0, 0.1) is 0 Å². The number of nitrogens with two attached hydrogens (primary N) is 1. The molecule has 1 rings (SSSR count). The maximum absolute atomic E-state index is 12.6. The third-order valence-electron chi connectivity index (χ3n) is 2.52. The number of unbranched alkanes of at least 4 members (excludes halogenated alkanes) is 1. The molecule has 1 aromatic heterocycles. The molecule has 0 aromatic carbocycles. The summed E-state index contributed by atoms with van der Waals surface area (Å²) in [5.41, 5.74) is 4.56. The van der Waals surface area contributed by atoms with Crippen LogP contribution < -0.4 is 10.5 Å². The van der Waals surface area contributed by atoms with Gasteiger partial charge in [-0.3, -0.25) is 0 Å². The molecule has 0 amide bonds. The number of hydrogen-bond donors (Lipinski definition) is 1. The third-order valence-corrected chi connectivity index (χ3v) is 2.74. The molecule has 118 valence electrons. The van der Waals surface area contributed by atoms with Crippen molar-refractivity contribution in [2.75, 3.05) is 19.8 Å². The lowest BCUT2D eigenvalue weighted by Crippen LogP contribution is -2.17. The van der Waals surface area contributed by atoms with Gasteiger partial charge in [-0.05, 0) is 18.6 Å². The Morgan fingerprint density at radius 1 is 1.29 bits per heavy atom. The number of thiocarbonyl (C=S) groups is 1. The Kier molecular flexibility index (Phi) is 6.83. The molecular formula is C13H17F3N2O2S. The number of rotatable bonds is 8. The number of alkyl halides is 3. The lowest BCUT2D eigenvalue weighted by atomic mass is 10.2. The highest BCUT2D eigenvalue weighted by atomic mass is 32.1. The Hall–Kier alpha value is -1.41. The van der Waals surface area contributed by atoms with E-state index >= 15 is 0 Å². The summed E-state index contributed by atoms with van der Waals surface area (Å²) >= 11 is 4.77. The molecule has 0 saturated heterocycles. The van der Waals surface area contributed by atoms with E-state index in [2.05, 4.69) is 4.98 Å². The zero-order chi connectivity index (χ0) is 15.9. The van der Waals surface area contributed by atoms with Gasteiger partial charge in [-0.2, -0.15) is 13.2 Å². The third kappa shape index (κ3) is 5.84. The van der Waals surface area contributed by atoms with Crippen molar-refractivity contribution in [2.45, 2.75) is 25.9 Å². The molecule has 0 unspecified atom stereocenters. The van der Waals surface area contributed by atoms with Crippen LogP contribution in [0.5, 0.6) is 5.88 Å². The van der Waals surface area contributed by atoms with E-state index in [1.807, 2.05) is 6.92 Å². The van der Waals surface area contributed by atoms with Crippen LogP contribution in [-0.4, -0.2) is 29.8 Å². The van der Waals surface area contributed by atoms with Gasteiger partial charge in [-0.25, -0.2) is 4.98 Å². The maximum atomic E-state index is 12.6. The number of nitrogens with zero attached hydrogens (tertiary/aromatic N) is 1. The Bertz CT molecular complexity index is 481. The monoisotopic (exact) mass is 322 g/mol. The van der Waals surface area contributed by atoms with Gasteiger partial charge in [0.25, 0.3) is 0 Å². The fourth-order valence-electron chi connectivity index (χ4n) is 1.44. The summed E-state index contributed by atoms with van der Waals surface area (Å²) in [4.78, 5) is 3.36. The smallest absolute Gasteiger partial charge is 0.433 e. The molecule has 1 aromatic rings. The van der Waals surface area contributed by atoms with Crippen molar-refractivity contribution >= 4 is 17.2 Å². The molecule has 0 aliphatic carbocycles. The number of halogens is 3. The predicted molar refractivity (Wildman–Crippen MR) is 76.3 cm³/mol. The maximum Gasteiger partial charge on any atom is 0.433 e. The van der Waals surface area contributed by atoms with Crippen LogP contribution in [0.4, 0.5) is 13.2 Å². The summed E-state index contributed by atoms with van der Waals surface area (Å²) in [7, 11) is 0. The van der Waals surface area contributed by atoms with Gasteiger partial charge in [0, 0.05) is 6.61 Å². The Morgan fingerprint density at radius 2 is 2.00 bits per heavy atom. The summed E-state index contributed by atoms with van der Waals surface area (Å²) in [6.07, 6.45) is -2.63. The Labute approximate surface area is 126 Å². The molecule has 4 nitrogen and oxygen atoms in total. The molecule has 8 heteroatoms. The highest BCUT2D eigenvalue weighted by Gasteiger charge is 2.33. The zero-order valence-corrected chi connectivity index (χ0v) is 12.4. The summed E-state index contributed by atoms with van der Waals surface area (Å²) in [6, 6.07) is 1.98. The van der Waals surface area contributed by atoms with Crippen LogP contribution in [0.1, 0.15) is 31.0 Å². The minimum absolute atomic E-state index is 0.0712. The molecule has 0 atom stereocenters. The van der Waals surface area contributed by atoms with E-state index in [4.69, 9.17) is 27.4 Å². The van der Waals surface area contributed by atoms with Gasteiger partial charge >= 0.3 is 6.18 Å². The molecule has 0 fully saturated rings. The quantitative estimate of drug-likeness (QED) is 0.589. The molecule has 21 heavy (non-hydrogen) atoms. The van der Waals surface area contributed by atoms with E-state index in [0.29, 0.717) is 6.61 Å². The van der Waals surface area contributed by atoms with Crippen LogP contribution in [0.2, 0.25) is 0 Å². The first-order valence-electron chi connectivity index (χ1n) is 6.44. The van der Waals surface area contributed by atoms with Gasteiger partial charge < -0.3 is 15.2 Å². The van der Waals surface area contributed by atoms with E-state index in [-0.39, 0.29) is 29.6 Å². The first-order chi connectivity index (χ1) is 9.86. The normalized spacial score (nSPS) is 11.4. The lowest BCUT2D eigenvalue weighted by molar-refractivity contribution is -0.141. The molecule has 0 aliphatic heterocycles. The summed E-state index contributed by atoms with van der Waals surface area (Å²) in [6.45, 7) is 2.95. The van der Waals surface area contributed by atoms with E-state index in [9.17, 15) is 13.2 Å². The average molecular weight is 322 g/mol. The van der Waals surface area contributed by atoms with Crippen LogP contribution in [-0.2, 0) is 10.9 Å². The molecule has 0 bridgehead atoms. The average Bonchev–Trinajstić information content (AvgIpc) is 2.41. The second kappa shape index (κ2) is 8.14. The van der Waals surface area contributed by atoms with Crippen molar-refractivity contribution in [1.82, 2.24) is 4.98 Å². The number of hydrogen-bond acceptors (Lipinski definition) is 4. The molecule has 0 aliphatic rings. The second-order valence-electron chi connectivity index (χ2n) is 4.23. The second-order valence-corrected chi connectivity index (χ2v) is 4.67. The van der Waals surface area contributed by atoms with Crippen molar-refractivity contribution in [1.29, 1.82) is 0 Å². The predicted octanol–water partition coefficient (Wildman–Crippen LogP) is 2.93. The molecule has 0 radical (unpaired) electrons. The number of aromatic nitrogens is 1. The molecule has 0 spiro atoms. The molecule has 2 N–H and O–H groups in total. The molecule has 0 saturated carbocycles. The topological polar surface area (TPSA) is 57.4 Å². The highest BCUT2D eigenvalue weighted by molar-refractivity contribution is 7.80. The van der Waals surface area contributed by atoms with Crippen molar-refractivity contribution < 1.29 is 22.6 Å². The first-order valence-corrected chi connectivity index (χ1v) is 6.85. The standard InChI is InChI=1S/C13H17F3N2O2S/c1-2-3-6-19-7-8-20-12-9(11(17)21)4-5-10(18-12)13(14,15)16/h4-5H,2-3,6-8H2,1H3,(H2,17,21). The highest BCUT2D eigenvalue weighted by Crippen LogP contribution is 2.30. The summed E-state index contributed by atoms with van der Waals surface area (Å²) in [5.74, 6) is -0.226. The first kappa shape index (κ1) is 17.6. The van der Waals surface area contributed by atoms with E-state index in [0.717, 1.165) is 25.0 Å². The minimum atomic E-state index is -4.55. The van der Waals surface area contributed by atoms with Crippen LogP contribution >= 0.6 is 12.2 Å².